The van der Waals surface area contributed by atoms with Crippen molar-refractivity contribution in [1.82, 2.24) is 5.32 Å². The summed E-state index contributed by atoms with van der Waals surface area (Å²) in [4.78, 5) is 0. The van der Waals surface area contributed by atoms with Crippen molar-refractivity contribution in [3.05, 3.63) is 28.8 Å². The lowest BCUT2D eigenvalue weighted by molar-refractivity contribution is 0.400. The van der Waals surface area contributed by atoms with Gasteiger partial charge in [0.05, 0.1) is 7.11 Å². The Hall–Kier alpha value is -0.320. The van der Waals surface area contributed by atoms with E-state index in [9.17, 15) is 0 Å². The van der Waals surface area contributed by atoms with E-state index >= 15 is 0 Å². The number of benzene rings is 1. The minimum atomic E-state index is 0.369. The molecule has 1 N–H and O–H groups in total. The molecule has 19 heavy (non-hydrogen) atoms. The van der Waals surface area contributed by atoms with Crippen LogP contribution < -0.4 is 10.1 Å². The molecule has 0 saturated carbocycles. The van der Waals surface area contributed by atoms with Crippen LogP contribution in [0.4, 0.5) is 0 Å². The molecule has 1 saturated heterocycles. The van der Waals surface area contributed by atoms with Crippen molar-refractivity contribution in [3.8, 4) is 5.75 Å². The SMILES string of the molecule is CNC(c1c(C)cc(C)cc1OC)C1CSCCS1. The van der Waals surface area contributed by atoms with Gasteiger partial charge in [0.15, 0.2) is 0 Å². The average Bonchev–Trinajstić information content (AvgIpc) is 2.42. The first-order valence-corrected chi connectivity index (χ1v) is 8.89. The van der Waals surface area contributed by atoms with Crippen LogP contribution in [-0.2, 0) is 0 Å². The summed E-state index contributed by atoms with van der Waals surface area (Å²) in [5.74, 6) is 4.77. The van der Waals surface area contributed by atoms with E-state index in [1.165, 1.54) is 33.9 Å². The molecule has 2 atom stereocenters. The summed E-state index contributed by atoms with van der Waals surface area (Å²) < 4.78 is 5.62. The lowest BCUT2D eigenvalue weighted by Gasteiger charge is -2.31. The summed E-state index contributed by atoms with van der Waals surface area (Å²) in [5, 5.41) is 4.13. The summed E-state index contributed by atoms with van der Waals surface area (Å²) in [7, 11) is 3.83. The zero-order valence-electron chi connectivity index (χ0n) is 12.2. The number of nitrogens with one attached hydrogen (secondary N) is 1. The van der Waals surface area contributed by atoms with Crippen molar-refractivity contribution in [2.45, 2.75) is 25.1 Å². The zero-order valence-corrected chi connectivity index (χ0v) is 13.8. The van der Waals surface area contributed by atoms with E-state index in [0.29, 0.717) is 11.3 Å². The lowest BCUT2D eigenvalue weighted by atomic mass is 9.96. The molecular formula is C15H23NOS2. The van der Waals surface area contributed by atoms with E-state index in [2.05, 4.69) is 61.9 Å². The fourth-order valence-electron chi connectivity index (χ4n) is 2.72. The summed E-state index contributed by atoms with van der Waals surface area (Å²) in [5.41, 5.74) is 3.92. The Kier molecular flexibility index (Phi) is 5.48. The summed E-state index contributed by atoms with van der Waals surface area (Å²) >= 11 is 4.15. The Morgan fingerprint density at radius 3 is 2.68 bits per heavy atom. The molecule has 4 heteroatoms. The molecule has 1 aliphatic rings. The maximum Gasteiger partial charge on any atom is 0.124 e. The van der Waals surface area contributed by atoms with Crippen molar-refractivity contribution >= 4 is 23.5 Å². The van der Waals surface area contributed by atoms with Crippen LogP contribution in [0.1, 0.15) is 22.7 Å². The number of aryl methyl sites for hydroxylation is 2. The molecule has 1 heterocycles. The molecule has 2 rings (SSSR count). The molecule has 1 aromatic carbocycles. The summed E-state index contributed by atoms with van der Waals surface area (Å²) in [6, 6.07) is 4.77. The van der Waals surface area contributed by atoms with Gasteiger partial charge in [-0.3, -0.25) is 0 Å². The van der Waals surface area contributed by atoms with Gasteiger partial charge in [-0.2, -0.15) is 23.5 Å². The Labute approximate surface area is 125 Å². The minimum absolute atomic E-state index is 0.369. The molecule has 0 radical (unpaired) electrons. The Morgan fingerprint density at radius 1 is 1.32 bits per heavy atom. The van der Waals surface area contributed by atoms with Gasteiger partial charge in [0.25, 0.3) is 0 Å². The molecule has 1 fully saturated rings. The van der Waals surface area contributed by atoms with Gasteiger partial charge in [-0.15, -0.1) is 0 Å². The number of thioether (sulfide) groups is 2. The Balaban J connectivity index is 2.36. The second-order valence-electron chi connectivity index (χ2n) is 4.95. The molecule has 0 aliphatic carbocycles. The fourth-order valence-corrected chi connectivity index (χ4v) is 5.61. The van der Waals surface area contributed by atoms with Crippen molar-refractivity contribution in [1.29, 1.82) is 0 Å². The van der Waals surface area contributed by atoms with Crippen molar-refractivity contribution in [2.24, 2.45) is 0 Å². The maximum absolute atomic E-state index is 5.62. The largest absolute Gasteiger partial charge is 0.496 e. The van der Waals surface area contributed by atoms with Crippen LogP contribution in [0.5, 0.6) is 5.75 Å². The van der Waals surface area contributed by atoms with Crippen LogP contribution in [0, 0.1) is 13.8 Å². The van der Waals surface area contributed by atoms with Crippen LogP contribution in [0.25, 0.3) is 0 Å². The molecule has 1 aromatic rings. The minimum Gasteiger partial charge on any atom is -0.496 e. The molecule has 2 nitrogen and oxygen atoms in total. The third-order valence-corrected chi connectivity index (χ3v) is 6.41. The Bertz CT molecular complexity index is 430. The van der Waals surface area contributed by atoms with Crippen LogP contribution in [0.3, 0.4) is 0 Å². The van der Waals surface area contributed by atoms with Gasteiger partial charge in [0.1, 0.15) is 5.75 Å². The second-order valence-corrected chi connectivity index (χ2v) is 7.45. The first-order chi connectivity index (χ1) is 9.17. The molecule has 1 aliphatic heterocycles. The summed E-state index contributed by atoms with van der Waals surface area (Å²) in [6.45, 7) is 4.31. The van der Waals surface area contributed by atoms with Gasteiger partial charge < -0.3 is 10.1 Å². The number of ether oxygens (including phenoxy) is 1. The van der Waals surface area contributed by atoms with Gasteiger partial charge in [-0.1, -0.05) is 6.07 Å². The number of hydrogen-bond acceptors (Lipinski definition) is 4. The third kappa shape index (κ3) is 3.41. The topological polar surface area (TPSA) is 21.3 Å². The second kappa shape index (κ2) is 6.91. The number of hydrogen-bond donors (Lipinski definition) is 1. The van der Waals surface area contributed by atoms with E-state index in [1.807, 2.05) is 0 Å². The van der Waals surface area contributed by atoms with E-state index in [4.69, 9.17) is 4.74 Å². The quantitative estimate of drug-likeness (QED) is 0.919. The van der Waals surface area contributed by atoms with E-state index in [-0.39, 0.29) is 0 Å². The van der Waals surface area contributed by atoms with Gasteiger partial charge in [0.2, 0.25) is 0 Å². The highest BCUT2D eigenvalue weighted by molar-refractivity contribution is 8.06. The summed E-state index contributed by atoms with van der Waals surface area (Å²) in [6.07, 6.45) is 0. The van der Waals surface area contributed by atoms with Crippen molar-refractivity contribution in [2.75, 3.05) is 31.4 Å². The molecule has 106 valence electrons. The molecule has 0 spiro atoms. The Morgan fingerprint density at radius 2 is 2.11 bits per heavy atom. The van der Waals surface area contributed by atoms with Crippen LogP contribution in [0.2, 0.25) is 0 Å². The molecule has 0 amide bonds. The van der Waals surface area contributed by atoms with Crippen molar-refractivity contribution < 1.29 is 4.74 Å². The van der Waals surface area contributed by atoms with Gasteiger partial charge in [0, 0.05) is 34.1 Å². The third-order valence-electron chi connectivity index (χ3n) is 3.55. The smallest absolute Gasteiger partial charge is 0.124 e. The highest BCUT2D eigenvalue weighted by Crippen LogP contribution is 2.38. The molecule has 2 unspecified atom stereocenters. The number of methoxy groups -OCH3 is 1. The van der Waals surface area contributed by atoms with Crippen molar-refractivity contribution in [3.63, 3.8) is 0 Å². The average molecular weight is 297 g/mol. The van der Waals surface area contributed by atoms with Crippen LogP contribution in [-0.4, -0.2) is 36.7 Å². The van der Waals surface area contributed by atoms with E-state index < -0.39 is 0 Å². The fraction of sp³-hybridized carbons (Fsp3) is 0.600. The lowest BCUT2D eigenvalue weighted by Crippen LogP contribution is -2.32. The predicted octanol–water partition coefficient (Wildman–Crippen LogP) is 3.42. The maximum atomic E-state index is 5.62. The monoisotopic (exact) mass is 297 g/mol. The normalized spacial score (nSPS) is 21.2. The zero-order chi connectivity index (χ0) is 13.8. The predicted molar refractivity (Wildman–Crippen MR) is 87.8 cm³/mol. The highest BCUT2D eigenvalue weighted by atomic mass is 32.2. The van der Waals surface area contributed by atoms with E-state index in [1.54, 1.807) is 7.11 Å². The van der Waals surface area contributed by atoms with Crippen LogP contribution >= 0.6 is 23.5 Å². The first-order valence-electron chi connectivity index (χ1n) is 6.69. The van der Waals surface area contributed by atoms with Gasteiger partial charge in [-0.25, -0.2) is 0 Å². The number of rotatable bonds is 4. The molecule has 0 bridgehead atoms. The van der Waals surface area contributed by atoms with E-state index in [0.717, 1.165) is 5.75 Å². The standard InChI is InChI=1S/C15H23NOS2/c1-10-7-11(2)14(12(8-10)17-4)15(16-3)13-9-18-5-6-19-13/h7-8,13,15-16H,5-6,9H2,1-4H3. The first kappa shape index (κ1) is 15.1. The highest BCUT2D eigenvalue weighted by Gasteiger charge is 2.28. The van der Waals surface area contributed by atoms with Gasteiger partial charge in [-0.05, 0) is 38.1 Å². The van der Waals surface area contributed by atoms with Crippen LogP contribution in [0.15, 0.2) is 12.1 Å². The molecular weight excluding hydrogens is 274 g/mol. The van der Waals surface area contributed by atoms with Gasteiger partial charge >= 0.3 is 0 Å². The molecule has 0 aromatic heterocycles.